The molecule has 0 aromatic heterocycles. The van der Waals surface area contributed by atoms with Crippen LogP contribution in [0, 0.1) is 0 Å². The summed E-state index contributed by atoms with van der Waals surface area (Å²) in [7, 11) is 0. The monoisotopic (exact) mass is 172 g/mol. The molecule has 0 saturated carbocycles. The van der Waals surface area contributed by atoms with Crippen LogP contribution in [0.4, 0.5) is 0 Å². The zero-order chi connectivity index (χ0) is 7.82. The number of benzene rings is 1. The van der Waals surface area contributed by atoms with Crippen molar-refractivity contribution < 1.29 is 0 Å². The first-order valence-corrected chi connectivity index (χ1v) is 5.09. The normalized spacial score (nSPS) is 7.90. The van der Waals surface area contributed by atoms with Crippen LogP contribution in [0.1, 0.15) is 0 Å². The number of thioether (sulfide) groups is 1. The first-order valence-electron chi connectivity index (χ1n) is 2.97. The van der Waals surface area contributed by atoms with E-state index in [1.807, 2.05) is 18.2 Å². The second kappa shape index (κ2) is 7.03. The Morgan fingerprint density at radius 1 is 1.10 bits per heavy atom. The predicted molar refractivity (Wildman–Crippen MR) is 53.1 cm³/mol. The van der Waals surface area contributed by atoms with Crippen molar-refractivity contribution in [3.63, 3.8) is 0 Å². The average molecular weight is 172 g/mol. The van der Waals surface area contributed by atoms with Gasteiger partial charge in [0.15, 0.2) is 0 Å². The third-order valence-electron chi connectivity index (χ3n) is 0.979. The van der Waals surface area contributed by atoms with Gasteiger partial charge in [0, 0.05) is 4.90 Å². The minimum Gasteiger partial charge on any atom is -0.183 e. The fourth-order valence-electron chi connectivity index (χ4n) is 0.557. The molecule has 0 nitrogen and oxygen atoms in total. The largest absolute Gasteiger partial charge is 0.183 e. The fourth-order valence-corrected chi connectivity index (χ4v) is 0.986. The molecule has 10 heavy (non-hydrogen) atoms. The lowest BCUT2D eigenvalue weighted by atomic mass is 10.4. The van der Waals surface area contributed by atoms with Gasteiger partial charge in [0.1, 0.15) is 0 Å². The standard InChI is InChI=1S/C7H8S.CH4S/c1-8-7-5-3-2-4-6-7;1-2/h2-6H,1H3;2H,1H3. The van der Waals surface area contributed by atoms with Gasteiger partial charge in [-0.3, -0.25) is 0 Å². The van der Waals surface area contributed by atoms with E-state index in [4.69, 9.17) is 0 Å². The van der Waals surface area contributed by atoms with Crippen LogP contribution < -0.4 is 0 Å². The summed E-state index contributed by atoms with van der Waals surface area (Å²) in [6.45, 7) is 0. The van der Waals surface area contributed by atoms with E-state index in [0.29, 0.717) is 0 Å². The van der Waals surface area contributed by atoms with Gasteiger partial charge in [0.05, 0.1) is 0 Å². The van der Waals surface area contributed by atoms with E-state index in [-0.39, 0.29) is 0 Å². The van der Waals surface area contributed by atoms with Gasteiger partial charge >= 0.3 is 0 Å². The third kappa shape index (κ3) is 3.85. The van der Waals surface area contributed by atoms with Crippen LogP contribution in [-0.4, -0.2) is 12.5 Å². The van der Waals surface area contributed by atoms with Crippen LogP contribution in [-0.2, 0) is 0 Å². The Bertz CT molecular complexity index is 149. The summed E-state index contributed by atoms with van der Waals surface area (Å²) in [5.41, 5.74) is 0. The number of thiol groups is 1. The lowest BCUT2D eigenvalue weighted by Gasteiger charge is -1.89. The van der Waals surface area contributed by atoms with E-state index in [2.05, 4.69) is 31.0 Å². The van der Waals surface area contributed by atoms with Gasteiger partial charge in [-0.15, -0.1) is 11.8 Å². The highest BCUT2D eigenvalue weighted by Crippen LogP contribution is 2.11. The highest BCUT2D eigenvalue weighted by atomic mass is 32.2. The maximum absolute atomic E-state index is 3.53. The molecule has 0 bridgehead atoms. The Hall–Kier alpha value is -0.0800. The Kier molecular flexibility index (Phi) is 6.98. The minimum absolute atomic E-state index is 1.33. The van der Waals surface area contributed by atoms with Crippen LogP contribution in [0.5, 0.6) is 0 Å². The molecule has 1 aromatic carbocycles. The maximum Gasteiger partial charge on any atom is 0.00691 e. The quantitative estimate of drug-likeness (QED) is 0.502. The fraction of sp³-hybridized carbons (Fsp3) is 0.250. The van der Waals surface area contributed by atoms with E-state index in [1.54, 1.807) is 18.0 Å². The van der Waals surface area contributed by atoms with Crippen molar-refractivity contribution in [2.75, 3.05) is 12.5 Å². The summed E-state index contributed by atoms with van der Waals surface area (Å²) in [6.07, 6.45) is 3.77. The Balaban J connectivity index is 0.000000371. The summed E-state index contributed by atoms with van der Waals surface area (Å²) in [4.78, 5) is 1.33. The van der Waals surface area contributed by atoms with E-state index < -0.39 is 0 Å². The van der Waals surface area contributed by atoms with Crippen molar-refractivity contribution in [2.24, 2.45) is 0 Å². The van der Waals surface area contributed by atoms with Gasteiger partial charge in [-0.2, -0.15) is 12.6 Å². The van der Waals surface area contributed by atoms with Crippen molar-refractivity contribution in [1.82, 2.24) is 0 Å². The molecule has 2 heteroatoms. The van der Waals surface area contributed by atoms with E-state index in [1.165, 1.54) is 4.90 Å². The molecule has 0 heterocycles. The van der Waals surface area contributed by atoms with Gasteiger partial charge < -0.3 is 0 Å². The summed E-state index contributed by atoms with van der Waals surface area (Å²) in [5, 5.41) is 0. The molecule has 0 N–H and O–H groups in total. The Morgan fingerprint density at radius 2 is 1.60 bits per heavy atom. The van der Waals surface area contributed by atoms with E-state index in [9.17, 15) is 0 Å². The maximum atomic E-state index is 3.53. The molecular formula is C8H12S2. The molecule has 0 aliphatic carbocycles. The van der Waals surface area contributed by atoms with Gasteiger partial charge in [-0.05, 0) is 24.6 Å². The average Bonchev–Trinajstić information content (AvgIpc) is 2.10. The molecule has 0 aliphatic rings. The second-order valence-corrected chi connectivity index (χ2v) is 2.40. The predicted octanol–water partition coefficient (Wildman–Crippen LogP) is 2.95. The molecule has 0 unspecified atom stereocenters. The lowest BCUT2D eigenvalue weighted by Crippen LogP contribution is -1.62. The molecule has 56 valence electrons. The van der Waals surface area contributed by atoms with Crippen molar-refractivity contribution in [1.29, 1.82) is 0 Å². The van der Waals surface area contributed by atoms with Crippen LogP contribution in [0.25, 0.3) is 0 Å². The highest BCUT2D eigenvalue weighted by Gasteiger charge is 1.80. The number of hydrogen-bond acceptors (Lipinski definition) is 2. The van der Waals surface area contributed by atoms with Gasteiger partial charge in [0.2, 0.25) is 0 Å². The topological polar surface area (TPSA) is 0 Å². The SMILES string of the molecule is CS.CSc1ccccc1. The van der Waals surface area contributed by atoms with Crippen molar-refractivity contribution >= 4 is 24.4 Å². The summed E-state index contributed by atoms with van der Waals surface area (Å²) >= 11 is 5.30. The molecule has 0 aliphatic heterocycles. The molecule has 0 radical (unpaired) electrons. The smallest absolute Gasteiger partial charge is 0.00691 e. The molecule has 1 aromatic rings. The van der Waals surface area contributed by atoms with Gasteiger partial charge in [-0.1, -0.05) is 18.2 Å². The van der Waals surface area contributed by atoms with Gasteiger partial charge in [0.25, 0.3) is 0 Å². The summed E-state index contributed by atoms with van der Waals surface area (Å²) in [5.74, 6) is 0. The molecule has 0 atom stereocenters. The van der Waals surface area contributed by atoms with E-state index >= 15 is 0 Å². The lowest BCUT2D eigenvalue weighted by molar-refractivity contribution is 1.47. The van der Waals surface area contributed by atoms with Crippen LogP contribution >= 0.6 is 24.4 Å². The molecular weight excluding hydrogens is 160 g/mol. The highest BCUT2D eigenvalue weighted by molar-refractivity contribution is 7.98. The minimum atomic E-state index is 1.33. The first-order chi connectivity index (χ1) is 4.93. The van der Waals surface area contributed by atoms with Crippen molar-refractivity contribution in [2.45, 2.75) is 4.90 Å². The van der Waals surface area contributed by atoms with Gasteiger partial charge in [-0.25, -0.2) is 0 Å². The summed E-state index contributed by atoms with van der Waals surface area (Å²) < 4.78 is 0. The van der Waals surface area contributed by atoms with Crippen LogP contribution in [0.3, 0.4) is 0 Å². The summed E-state index contributed by atoms with van der Waals surface area (Å²) in [6, 6.07) is 10.3. The molecule has 0 amide bonds. The van der Waals surface area contributed by atoms with Crippen molar-refractivity contribution in [3.05, 3.63) is 30.3 Å². The first kappa shape index (κ1) is 9.92. The molecule has 1 rings (SSSR count). The Labute approximate surface area is 72.4 Å². The zero-order valence-electron chi connectivity index (χ0n) is 6.24. The number of rotatable bonds is 1. The van der Waals surface area contributed by atoms with Crippen LogP contribution in [0.2, 0.25) is 0 Å². The molecule has 0 spiro atoms. The third-order valence-corrected chi connectivity index (χ3v) is 1.72. The second-order valence-electron chi connectivity index (χ2n) is 1.52. The molecule has 0 fully saturated rings. The van der Waals surface area contributed by atoms with E-state index in [0.717, 1.165) is 0 Å². The van der Waals surface area contributed by atoms with Crippen molar-refractivity contribution in [3.8, 4) is 0 Å². The van der Waals surface area contributed by atoms with Crippen LogP contribution in [0.15, 0.2) is 35.2 Å². The zero-order valence-corrected chi connectivity index (χ0v) is 7.95. The number of hydrogen-bond donors (Lipinski definition) is 1. The Morgan fingerprint density at radius 3 is 1.90 bits per heavy atom. The molecule has 0 saturated heterocycles.